The molecule has 8 heteroatoms. The van der Waals surface area contributed by atoms with Crippen molar-refractivity contribution in [3.63, 3.8) is 0 Å². The maximum Gasteiger partial charge on any atom is 0.133 e. The standard InChI is InChI=1S/C28H24Br2O4S2/c1-31-23-15-27(35-19-9-5-17(29)6-10-19)25(33-3)13-21(23)22-14-26(34-4)28(16-24(22)32-2)36-20-11-7-18(30)8-12-20/h5-16H,1-4H3. The van der Waals surface area contributed by atoms with Crippen molar-refractivity contribution in [1.82, 2.24) is 0 Å². The first-order chi connectivity index (χ1) is 17.4. The first kappa shape index (κ1) is 26.8. The quantitative estimate of drug-likeness (QED) is 0.180. The molecule has 186 valence electrons. The third-order valence-corrected chi connectivity index (χ3v) is 8.50. The average molecular weight is 648 g/mol. The molecule has 0 N–H and O–H groups in total. The summed E-state index contributed by atoms with van der Waals surface area (Å²) in [6.07, 6.45) is 0. The van der Waals surface area contributed by atoms with Crippen molar-refractivity contribution in [1.29, 1.82) is 0 Å². The average Bonchev–Trinajstić information content (AvgIpc) is 2.90. The summed E-state index contributed by atoms with van der Waals surface area (Å²) in [5.74, 6) is 2.91. The Morgan fingerprint density at radius 2 is 0.806 bits per heavy atom. The number of ether oxygens (including phenoxy) is 4. The monoisotopic (exact) mass is 646 g/mol. The summed E-state index contributed by atoms with van der Waals surface area (Å²) < 4.78 is 25.3. The molecule has 36 heavy (non-hydrogen) atoms. The fourth-order valence-electron chi connectivity index (χ4n) is 3.58. The molecule has 0 atom stereocenters. The van der Waals surface area contributed by atoms with E-state index in [-0.39, 0.29) is 0 Å². The molecule has 0 fully saturated rings. The van der Waals surface area contributed by atoms with Gasteiger partial charge in [-0.1, -0.05) is 55.4 Å². The molecule has 0 unspecified atom stereocenters. The smallest absolute Gasteiger partial charge is 0.133 e. The van der Waals surface area contributed by atoms with Gasteiger partial charge in [-0.3, -0.25) is 0 Å². The van der Waals surface area contributed by atoms with Gasteiger partial charge in [0.25, 0.3) is 0 Å². The van der Waals surface area contributed by atoms with Gasteiger partial charge in [0.15, 0.2) is 0 Å². The van der Waals surface area contributed by atoms with Gasteiger partial charge in [0.1, 0.15) is 23.0 Å². The molecule has 0 heterocycles. The first-order valence-electron chi connectivity index (χ1n) is 10.8. The number of hydrogen-bond donors (Lipinski definition) is 0. The van der Waals surface area contributed by atoms with Crippen molar-refractivity contribution < 1.29 is 18.9 Å². The molecule has 0 saturated heterocycles. The summed E-state index contributed by atoms with van der Waals surface area (Å²) in [7, 11) is 6.68. The summed E-state index contributed by atoms with van der Waals surface area (Å²) >= 11 is 10.2. The predicted octanol–water partition coefficient (Wildman–Crippen LogP) is 9.22. The summed E-state index contributed by atoms with van der Waals surface area (Å²) in [6.45, 7) is 0. The van der Waals surface area contributed by atoms with Crippen molar-refractivity contribution in [2.75, 3.05) is 28.4 Å². The van der Waals surface area contributed by atoms with E-state index in [4.69, 9.17) is 18.9 Å². The lowest BCUT2D eigenvalue weighted by molar-refractivity contribution is 0.391. The van der Waals surface area contributed by atoms with Crippen LogP contribution in [0.3, 0.4) is 0 Å². The number of rotatable bonds is 9. The molecule has 4 nitrogen and oxygen atoms in total. The van der Waals surface area contributed by atoms with Crippen LogP contribution in [0.1, 0.15) is 0 Å². The third-order valence-electron chi connectivity index (χ3n) is 5.34. The molecular formula is C28H24Br2O4S2. The first-order valence-corrected chi connectivity index (χ1v) is 14.1. The molecule has 0 amide bonds. The highest BCUT2D eigenvalue weighted by molar-refractivity contribution is 9.10. The zero-order chi connectivity index (χ0) is 25.7. The summed E-state index contributed by atoms with van der Waals surface area (Å²) in [4.78, 5) is 4.10. The van der Waals surface area contributed by atoms with E-state index in [0.717, 1.165) is 51.2 Å². The zero-order valence-electron chi connectivity index (χ0n) is 20.1. The number of halogens is 2. The van der Waals surface area contributed by atoms with Crippen LogP contribution in [0.15, 0.2) is 101 Å². The lowest BCUT2D eigenvalue weighted by Crippen LogP contribution is -1.97. The Bertz CT molecular complexity index is 1240. The van der Waals surface area contributed by atoms with Gasteiger partial charge in [-0.15, -0.1) is 0 Å². The Labute approximate surface area is 236 Å². The lowest BCUT2D eigenvalue weighted by atomic mass is 10.0. The Balaban J connectivity index is 1.77. The second-order valence-corrected chi connectivity index (χ2v) is 11.6. The molecule has 4 aromatic carbocycles. The van der Waals surface area contributed by atoms with E-state index in [1.807, 2.05) is 48.5 Å². The maximum atomic E-state index is 5.82. The van der Waals surface area contributed by atoms with E-state index < -0.39 is 0 Å². The second-order valence-electron chi connectivity index (χ2n) is 7.52. The van der Waals surface area contributed by atoms with Gasteiger partial charge in [0.2, 0.25) is 0 Å². The molecule has 0 aromatic heterocycles. The number of benzene rings is 4. The SMILES string of the molecule is COc1cc(-c2cc(OC)c(Sc3ccc(Br)cc3)cc2OC)c(OC)cc1Sc1ccc(Br)cc1. The molecule has 0 saturated carbocycles. The van der Waals surface area contributed by atoms with Crippen molar-refractivity contribution in [2.45, 2.75) is 19.6 Å². The van der Waals surface area contributed by atoms with Gasteiger partial charge in [-0.2, -0.15) is 0 Å². The van der Waals surface area contributed by atoms with Gasteiger partial charge in [-0.25, -0.2) is 0 Å². The van der Waals surface area contributed by atoms with Crippen LogP contribution >= 0.6 is 55.4 Å². The van der Waals surface area contributed by atoms with Crippen LogP contribution in [0.2, 0.25) is 0 Å². The van der Waals surface area contributed by atoms with Crippen LogP contribution in [-0.2, 0) is 0 Å². The van der Waals surface area contributed by atoms with Crippen LogP contribution in [0.25, 0.3) is 11.1 Å². The zero-order valence-corrected chi connectivity index (χ0v) is 24.9. The highest BCUT2D eigenvalue weighted by Crippen LogP contribution is 2.48. The van der Waals surface area contributed by atoms with E-state index in [0.29, 0.717) is 11.5 Å². The molecule has 0 aliphatic carbocycles. The highest BCUT2D eigenvalue weighted by atomic mass is 79.9. The van der Waals surface area contributed by atoms with Crippen LogP contribution in [0.5, 0.6) is 23.0 Å². The molecule has 0 aliphatic heterocycles. The van der Waals surface area contributed by atoms with Crippen LogP contribution in [0.4, 0.5) is 0 Å². The largest absolute Gasteiger partial charge is 0.496 e. The summed E-state index contributed by atoms with van der Waals surface area (Å²) in [6, 6.07) is 24.3. The van der Waals surface area contributed by atoms with Crippen molar-refractivity contribution in [3.05, 3.63) is 81.7 Å². The van der Waals surface area contributed by atoms with Gasteiger partial charge < -0.3 is 18.9 Å². The summed E-state index contributed by atoms with van der Waals surface area (Å²) in [5.41, 5.74) is 1.70. The minimum absolute atomic E-state index is 0.712. The minimum atomic E-state index is 0.712. The van der Waals surface area contributed by atoms with E-state index in [2.05, 4.69) is 56.1 Å². The Morgan fingerprint density at radius 3 is 1.11 bits per heavy atom. The Kier molecular flexibility index (Phi) is 9.17. The molecular weight excluding hydrogens is 624 g/mol. The molecule has 4 aromatic rings. The molecule has 0 spiro atoms. The highest BCUT2D eigenvalue weighted by Gasteiger charge is 2.20. The van der Waals surface area contributed by atoms with Crippen LogP contribution in [0, 0.1) is 0 Å². The Morgan fingerprint density at radius 1 is 0.472 bits per heavy atom. The van der Waals surface area contributed by atoms with Crippen LogP contribution in [-0.4, -0.2) is 28.4 Å². The van der Waals surface area contributed by atoms with Gasteiger partial charge in [0.05, 0.1) is 38.2 Å². The topological polar surface area (TPSA) is 36.9 Å². The van der Waals surface area contributed by atoms with Crippen molar-refractivity contribution >= 4 is 55.4 Å². The van der Waals surface area contributed by atoms with Crippen molar-refractivity contribution in [3.8, 4) is 34.1 Å². The van der Waals surface area contributed by atoms with E-state index in [1.165, 1.54) is 0 Å². The van der Waals surface area contributed by atoms with E-state index >= 15 is 0 Å². The second kappa shape index (κ2) is 12.3. The lowest BCUT2D eigenvalue weighted by Gasteiger charge is -2.19. The van der Waals surface area contributed by atoms with E-state index in [1.54, 1.807) is 52.0 Å². The molecule has 4 rings (SSSR count). The number of methoxy groups -OCH3 is 4. The van der Waals surface area contributed by atoms with Gasteiger partial charge in [-0.05, 0) is 72.8 Å². The summed E-state index contributed by atoms with van der Waals surface area (Å²) in [5, 5.41) is 0. The minimum Gasteiger partial charge on any atom is -0.496 e. The molecule has 0 radical (unpaired) electrons. The normalized spacial score (nSPS) is 10.7. The van der Waals surface area contributed by atoms with Crippen LogP contribution < -0.4 is 18.9 Å². The third kappa shape index (κ3) is 6.17. The fraction of sp³-hybridized carbons (Fsp3) is 0.143. The van der Waals surface area contributed by atoms with Crippen molar-refractivity contribution in [2.24, 2.45) is 0 Å². The Hall–Kier alpha value is -2.26. The molecule has 0 bridgehead atoms. The number of hydrogen-bond acceptors (Lipinski definition) is 6. The van der Waals surface area contributed by atoms with E-state index in [9.17, 15) is 0 Å². The predicted molar refractivity (Wildman–Crippen MR) is 155 cm³/mol. The van der Waals surface area contributed by atoms with Gasteiger partial charge >= 0.3 is 0 Å². The van der Waals surface area contributed by atoms with Gasteiger partial charge in [0, 0.05) is 29.9 Å². The fourth-order valence-corrected chi connectivity index (χ4v) is 5.98. The molecule has 0 aliphatic rings. The maximum absolute atomic E-state index is 5.82.